The zero-order valence-electron chi connectivity index (χ0n) is 17.0. The van der Waals surface area contributed by atoms with Gasteiger partial charge in [-0.05, 0) is 42.9 Å². The van der Waals surface area contributed by atoms with Gasteiger partial charge in [-0.1, -0.05) is 12.8 Å². The van der Waals surface area contributed by atoms with Gasteiger partial charge in [0.2, 0.25) is 5.91 Å². The summed E-state index contributed by atoms with van der Waals surface area (Å²) in [7, 11) is 0. The molecule has 0 radical (unpaired) electrons. The molecule has 0 spiro atoms. The summed E-state index contributed by atoms with van der Waals surface area (Å²) in [6.07, 6.45) is 7.71. The first kappa shape index (κ1) is 20.5. The van der Waals surface area contributed by atoms with Crippen LogP contribution < -0.4 is 10.2 Å². The molecule has 0 bridgehead atoms. The highest BCUT2D eigenvalue weighted by Gasteiger charge is 2.40. The Balaban J connectivity index is 1.37. The summed E-state index contributed by atoms with van der Waals surface area (Å²) in [6.45, 7) is 1.20. The topological polar surface area (TPSA) is 116 Å². The van der Waals surface area contributed by atoms with Crippen LogP contribution >= 0.6 is 0 Å². The van der Waals surface area contributed by atoms with Crippen LogP contribution in [0.1, 0.15) is 44.9 Å². The number of pyridine rings is 2. The predicted molar refractivity (Wildman–Crippen MR) is 112 cm³/mol. The van der Waals surface area contributed by atoms with Crippen LogP contribution in [0.3, 0.4) is 0 Å². The summed E-state index contributed by atoms with van der Waals surface area (Å²) < 4.78 is 0. The monoisotopic (exact) mass is 412 g/mol. The lowest BCUT2D eigenvalue weighted by molar-refractivity contribution is -0.140. The minimum atomic E-state index is -1.03. The number of anilines is 1. The number of aromatic nitrogens is 2. The van der Waals surface area contributed by atoms with Crippen molar-refractivity contribution in [2.45, 2.75) is 50.5 Å². The third-order valence-corrected chi connectivity index (χ3v) is 6.49. The van der Waals surface area contributed by atoms with Crippen molar-refractivity contribution >= 4 is 28.6 Å². The van der Waals surface area contributed by atoms with Crippen LogP contribution in [0, 0.1) is 5.41 Å². The number of nitrogens with zero attached hydrogens (tertiary/aromatic N) is 3. The number of β-amino-alcohol motifs (C(OH)–C–C–N with tert-alkyl or cyclic N) is 1. The molecule has 3 N–H and O–H groups in total. The maximum atomic E-state index is 12.6. The van der Waals surface area contributed by atoms with Crippen LogP contribution in [0.5, 0.6) is 0 Å². The maximum Gasteiger partial charge on any atom is 0.303 e. The number of carbonyl (C=O) groups is 2. The summed E-state index contributed by atoms with van der Waals surface area (Å²) in [5.41, 5.74) is 1.05. The zero-order chi connectivity index (χ0) is 21.2. The second kappa shape index (κ2) is 8.18. The molecule has 8 nitrogen and oxygen atoms in total. The largest absolute Gasteiger partial charge is 0.481 e. The molecule has 1 aliphatic carbocycles. The van der Waals surface area contributed by atoms with Gasteiger partial charge in [0.05, 0.1) is 17.6 Å². The van der Waals surface area contributed by atoms with E-state index in [1.807, 2.05) is 18.2 Å². The quantitative estimate of drug-likeness (QED) is 0.638. The molecule has 1 saturated heterocycles. The molecule has 1 aliphatic heterocycles. The van der Waals surface area contributed by atoms with E-state index in [4.69, 9.17) is 0 Å². The van der Waals surface area contributed by atoms with Gasteiger partial charge < -0.3 is 20.4 Å². The number of fused-ring (bicyclic) bond motifs is 1. The SMILES string of the molecule is O=C(O)CC1(CC(=O)NC[C@]2(O)CCN(c3ccnc4cccnc34)C2)CCCC1. The fraction of sp³-hybridized carbons (Fsp3) is 0.545. The number of nitrogens with one attached hydrogen (secondary N) is 1. The second-order valence-corrected chi connectivity index (χ2v) is 8.83. The van der Waals surface area contributed by atoms with Crippen LogP contribution in [0.15, 0.2) is 30.6 Å². The third kappa shape index (κ3) is 4.38. The van der Waals surface area contributed by atoms with Gasteiger partial charge in [-0.25, -0.2) is 0 Å². The lowest BCUT2D eigenvalue weighted by Crippen LogP contribution is -2.46. The number of aliphatic hydroxyl groups is 1. The first-order valence-electron chi connectivity index (χ1n) is 10.5. The molecule has 2 aromatic heterocycles. The lowest BCUT2D eigenvalue weighted by atomic mass is 9.79. The predicted octanol–water partition coefficient (Wildman–Crippen LogP) is 2.11. The van der Waals surface area contributed by atoms with E-state index >= 15 is 0 Å². The fourth-order valence-corrected chi connectivity index (χ4v) is 4.96. The molecule has 2 fully saturated rings. The Labute approximate surface area is 175 Å². The van der Waals surface area contributed by atoms with E-state index in [0.717, 1.165) is 42.4 Å². The van der Waals surface area contributed by atoms with Crippen molar-refractivity contribution in [3.8, 4) is 0 Å². The van der Waals surface area contributed by atoms with Crippen LogP contribution in [0.2, 0.25) is 0 Å². The number of hydrogen-bond acceptors (Lipinski definition) is 6. The standard InChI is InChI=1S/C22H28N4O4/c27-18(12-21(13-19(28)29)6-1-2-7-21)25-14-22(30)8-11-26(15-22)17-5-10-23-16-4-3-9-24-20(16)17/h3-5,9-10,30H,1-2,6-8,11-15H2,(H,25,27)(H,28,29)/t22-/m1/s1. The Bertz CT molecular complexity index is 938. The van der Waals surface area contributed by atoms with Crippen molar-refractivity contribution in [2.24, 2.45) is 5.41 Å². The number of rotatable bonds is 7. The smallest absolute Gasteiger partial charge is 0.303 e. The Morgan fingerprint density at radius 3 is 2.67 bits per heavy atom. The number of hydrogen-bond donors (Lipinski definition) is 3. The summed E-state index contributed by atoms with van der Waals surface area (Å²) >= 11 is 0. The highest BCUT2D eigenvalue weighted by atomic mass is 16.4. The number of aliphatic carboxylic acids is 1. The molecule has 1 amide bonds. The Kier molecular flexibility index (Phi) is 5.60. The first-order valence-corrected chi connectivity index (χ1v) is 10.5. The minimum Gasteiger partial charge on any atom is -0.481 e. The van der Waals surface area contributed by atoms with Crippen molar-refractivity contribution in [1.29, 1.82) is 0 Å². The number of carbonyl (C=O) groups excluding carboxylic acids is 1. The molecule has 160 valence electrons. The van der Waals surface area contributed by atoms with E-state index in [-0.39, 0.29) is 25.3 Å². The maximum absolute atomic E-state index is 12.6. The molecule has 8 heteroatoms. The molecular weight excluding hydrogens is 384 g/mol. The molecular formula is C22H28N4O4. The number of carboxylic acid groups (broad SMARTS) is 1. The minimum absolute atomic E-state index is 0.0284. The summed E-state index contributed by atoms with van der Waals surface area (Å²) in [6, 6.07) is 5.65. The van der Waals surface area contributed by atoms with Gasteiger partial charge in [-0.15, -0.1) is 0 Å². The Morgan fingerprint density at radius 2 is 1.90 bits per heavy atom. The van der Waals surface area contributed by atoms with E-state index in [0.29, 0.717) is 19.5 Å². The van der Waals surface area contributed by atoms with Gasteiger partial charge in [-0.2, -0.15) is 0 Å². The van der Waals surface area contributed by atoms with Gasteiger partial charge in [0.1, 0.15) is 11.1 Å². The van der Waals surface area contributed by atoms with Gasteiger partial charge in [0.25, 0.3) is 0 Å². The van der Waals surface area contributed by atoms with Crippen LogP contribution in [-0.4, -0.2) is 57.3 Å². The first-order chi connectivity index (χ1) is 14.4. The second-order valence-electron chi connectivity index (χ2n) is 8.83. The van der Waals surface area contributed by atoms with E-state index < -0.39 is 17.0 Å². The highest BCUT2D eigenvalue weighted by molar-refractivity contribution is 5.87. The molecule has 0 unspecified atom stereocenters. The molecule has 1 saturated carbocycles. The molecule has 4 rings (SSSR count). The van der Waals surface area contributed by atoms with Gasteiger partial charge in [-0.3, -0.25) is 19.6 Å². The van der Waals surface area contributed by atoms with E-state index in [1.165, 1.54) is 0 Å². The van der Waals surface area contributed by atoms with E-state index in [2.05, 4.69) is 20.2 Å². The van der Waals surface area contributed by atoms with E-state index in [1.54, 1.807) is 12.4 Å². The average Bonchev–Trinajstić information content (AvgIpc) is 3.33. The normalized spacial score (nSPS) is 23.0. The van der Waals surface area contributed by atoms with Crippen LogP contribution in [0.4, 0.5) is 5.69 Å². The fourth-order valence-electron chi connectivity index (χ4n) is 4.96. The van der Waals surface area contributed by atoms with Crippen molar-refractivity contribution < 1.29 is 19.8 Å². The van der Waals surface area contributed by atoms with Gasteiger partial charge in [0, 0.05) is 38.4 Å². The van der Waals surface area contributed by atoms with Crippen molar-refractivity contribution in [3.05, 3.63) is 30.6 Å². The van der Waals surface area contributed by atoms with Crippen molar-refractivity contribution in [2.75, 3.05) is 24.5 Å². The average molecular weight is 412 g/mol. The summed E-state index contributed by atoms with van der Waals surface area (Å²) in [5.74, 6) is -1.03. The number of carboxylic acids is 1. The molecule has 2 aromatic rings. The molecule has 30 heavy (non-hydrogen) atoms. The molecule has 2 aliphatic rings. The lowest BCUT2D eigenvalue weighted by Gasteiger charge is -2.28. The van der Waals surface area contributed by atoms with Crippen LogP contribution in [-0.2, 0) is 9.59 Å². The third-order valence-electron chi connectivity index (χ3n) is 6.49. The van der Waals surface area contributed by atoms with Crippen LogP contribution in [0.25, 0.3) is 11.0 Å². The summed E-state index contributed by atoms with van der Waals surface area (Å²) in [5, 5.41) is 23.1. The van der Waals surface area contributed by atoms with Crippen molar-refractivity contribution in [1.82, 2.24) is 15.3 Å². The van der Waals surface area contributed by atoms with Gasteiger partial charge >= 0.3 is 5.97 Å². The molecule has 0 aromatic carbocycles. The van der Waals surface area contributed by atoms with Gasteiger partial charge in [0.15, 0.2) is 0 Å². The molecule has 3 heterocycles. The summed E-state index contributed by atoms with van der Waals surface area (Å²) in [4.78, 5) is 34.6. The zero-order valence-corrected chi connectivity index (χ0v) is 17.0. The Hall–Kier alpha value is -2.74. The van der Waals surface area contributed by atoms with Crippen molar-refractivity contribution in [3.63, 3.8) is 0 Å². The number of amides is 1. The highest BCUT2D eigenvalue weighted by Crippen LogP contribution is 2.44. The molecule has 1 atom stereocenters. The van der Waals surface area contributed by atoms with E-state index in [9.17, 15) is 19.8 Å². The Morgan fingerprint density at radius 1 is 1.10 bits per heavy atom.